The highest BCUT2D eigenvalue weighted by Crippen LogP contribution is 2.35. The molecule has 1 N–H and O–H groups in total. The van der Waals surface area contributed by atoms with Crippen LogP contribution in [0.4, 0.5) is 0 Å². The van der Waals surface area contributed by atoms with Crippen molar-refractivity contribution in [2.24, 2.45) is 5.41 Å². The molecule has 0 heterocycles. The van der Waals surface area contributed by atoms with E-state index in [4.69, 9.17) is 0 Å². The summed E-state index contributed by atoms with van der Waals surface area (Å²) >= 11 is 0. The Morgan fingerprint density at radius 2 is 1.79 bits per heavy atom. The van der Waals surface area contributed by atoms with Crippen molar-refractivity contribution in [1.29, 1.82) is 0 Å². The first-order valence-electron chi connectivity index (χ1n) is 7.99. The molecule has 2 rings (SSSR count). The van der Waals surface area contributed by atoms with Gasteiger partial charge in [-0.2, -0.15) is 0 Å². The molecule has 0 spiro atoms. The van der Waals surface area contributed by atoms with Crippen molar-refractivity contribution in [3.05, 3.63) is 35.9 Å². The van der Waals surface area contributed by atoms with E-state index in [-0.39, 0.29) is 0 Å². The predicted molar refractivity (Wildman–Crippen MR) is 83.4 cm³/mol. The topological polar surface area (TPSA) is 12.0 Å². The van der Waals surface area contributed by atoms with Gasteiger partial charge in [0.25, 0.3) is 0 Å². The molecule has 1 saturated carbocycles. The molecule has 0 saturated heterocycles. The van der Waals surface area contributed by atoms with Crippen molar-refractivity contribution >= 4 is 0 Å². The second-order valence-corrected chi connectivity index (χ2v) is 6.55. The van der Waals surface area contributed by atoms with E-state index >= 15 is 0 Å². The third kappa shape index (κ3) is 4.65. The van der Waals surface area contributed by atoms with Crippen LogP contribution < -0.4 is 5.32 Å². The second-order valence-electron chi connectivity index (χ2n) is 6.55. The highest BCUT2D eigenvalue weighted by atomic mass is 14.9. The fourth-order valence-electron chi connectivity index (χ4n) is 3.23. The number of rotatable bonds is 6. The third-order valence-electron chi connectivity index (χ3n) is 4.70. The molecule has 1 aromatic rings. The fraction of sp³-hybridized carbons (Fsp3) is 0.667. The Bertz CT molecular complexity index is 351. The summed E-state index contributed by atoms with van der Waals surface area (Å²) in [4.78, 5) is 0. The van der Waals surface area contributed by atoms with Gasteiger partial charge >= 0.3 is 0 Å². The summed E-state index contributed by atoms with van der Waals surface area (Å²) in [5, 5.41) is 3.83. The zero-order valence-electron chi connectivity index (χ0n) is 12.6. The lowest BCUT2D eigenvalue weighted by molar-refractivity contribution is 0.199. The molecule has 1 fully saturated rings. The number of hydrogen-bond donors (Lipinski definition) is 1. The molecule has 1 unspecified atom stereocenters. The lowest BCUT2D eigenvalue weighted by atomic mass is 9.75. The summed E-state index contributed by atoms with van der Waals surface area (Å²) in [6, 6.07) is 11.5. The van der Waals surface area contributed by atoms with Crippen LogP contribution in [-0.2, 0) is 6.42 Å². The lowest BCUT2D eigenvalue weighted by Crippen LogP contribution is -2.40. The Morgan fingerprint density at radius 1 is 1.11 bits per heavy atom. The van der Waals surface area contributed by atoms with Crippen LogP contribution in [0.2, 0.25) is 0 Å². The maximum atomic E-state index is 3.83. The molecule has 1 aliphatic rings. The molecule has 0 aliphatic heterocycles. The van der Waals surface area contributed by atoms with E-state index in [2.05, 4.69) is 49.5 Å². The lowest BCUT2D eigenvalue weighted by Gasteiger charge is -2.35. The molecule has 19 heavy (non-hydrogen) atoms. The molecule has 0 amide bonds. The maximum absolute atomic E-state index is 3.83. The highest BCUT2D eigenvalue weighted by molar-refractivity contribution is 5.15. The molecular formula is C18H29N. The van der Waals surface area contributed by atoms with Crippen molar-refractivity contribution in [2.75, 3.05) is 6.54 Å². The van der Waals surface area contributed by atoms with Crippen molar-refractivity contribution in [3.8, 4) is 0 Å². The van der Waals surface area contributed by atoms with Crippen molar-refractivity contribution < 1.29 is 0 Å². The van der Waals surface area contributed by atoms with Gasteiger partial charge < -0.3 is 5.32 Å². The Balaban J connectivity index is 1.82. The first kappa shape index (κ1) is 14.6. The van der Waals surface area contributed by atoms with E-state index in [1.165, 1.54) is 50.6 Å². The Labute approximate surface area is 118 Å². The van der Waals surface area contributed by atoms with Crippen molar-refractivity contribution in [1.82, 2.24) is 5.32 Å². The summed E-state index contributed by atoms with van der Waals surface area (Å²) in [6.45, 7) is 5.95. The monoisotopic (exact) mass is 259 g/mol. The smallest absolute Gasteiger partial charge is 0.0105 e. The van der Waals surface area contributed by atoms with Crippen LogP contribution in [0.3, 0.4) is 0 Å². The predicted octanol–water partition coefficient (Wildman–Crippen LogP) is 4.57. The van der Waals surface area contributed by atoms with Crippen molar-refractivity contribution in [2.45, 2.75) is 64.8 Å². The highest BCUT2D eigenvalue weighted by Gasteiger charge is 2.27. The molecule has 0 aromatic heterocycles. The first-order chi connectivity index (χ1) is 9.22. The van der Waals surface area contributed by atoms with E-state index in [0.29, 0.717) is 11.5 Å². The van der Waals surface area contributed by atoms with Crippen LogP contribution in [0.5, 0.6) is 0 Å². The number of hydrogen-bond acceptors (Lipinski definition) is 1. The molecule has 1 atom stereocenters. The maximum Gasteiger partial charge on any atom is 0.0105 e. The minimum Gasteiger partial charge on any atom is -0.313 e. The molecule has 106 valence electrons. The van der Waals surface area contributed by atoms with Gasteiger partial charge in [-0.05, 0) is 36.7 Å². The normalized spacial score (nSPS) is 20.1. The summed E-state index contributed by atoms with van der Waals surface area (Å²) < 4.78 is 0. The molecule has 0 radical (unpaired) electrons. The van der Waals surface area contributed by atoms with Gasteiger partial charge in [0.15, 0.2) is 0 Å². The molecular weight excluding hydrogens is 230 g/mol. The summed E-state index contributed by atoms with van der Waals surface area (Å²) in [7, 11) is 0. The van der Waals surface area contributed by atoms with Gasteiger partial charge in [0.2, 0.25) is 0 Å². The molecule has 1 nitrogen and oxygen atoms in total. The van der Waals surface area contributed by atoms with Crippen LogP contribution in [0.25, 0.3) is 0 Å². The van der Waals surface area contributed by atoms with E-state index in [1.807, 2.05) is 0 Å². The summed E-state index contributed by atoms with van der Waals surface area (Å²) in [5.74, 6) is 0. The van der Waals surface area contributed by atoms with Crippen LogP contribution in [0, 0.1) is 5.41 Å². The molecule has 1 heteroatoms. The average molecular weight is 259 g/mol. The molecule has 0 bridgehead atoms. The summed E-state index contributed by atoms with van der Waals surface area (Å²) in [5.41, 5.74) is 2.00. The Morgan fingerprint density at radius 3 is 2.42 bits per heavy atom. The number of nitrogens with one attached hydrogen (secondary N) is 1. The third-order valence-corrected chi connectivity index (χ3v) is 4.70. The second kappa shape index (κ2) is 7.09. The minimum absolute atomic E-state index is 0.544. The van der Waals surface area contributed by atoms with E-state index in [9.17, 15) is 0 Å². The van der Waals surface area contributed by atoms with Gasteiger partial charge in [-0.25, -0.2) is 0 Å². The van der Waals surface area contributed by atoms with Gasteiger partial charge in [-0.15, -0.1) is 0 Å². The van der Waals surface area contributed by atoms with Gasteiger partial charge in [-0.3, -0.25) is 0 Å². The average Bonchev–Trinajstić information content (AvgIpc) is 2.45. The van der Waals surface area contributed by atoms with E-state index < -0.39 is 0 Å². The molecule has 1 aromatic carbocycles. The largest absolute Gasteiger partial charge is 0.313 e. The number of benzene rings is 1. The first-order valence-corrected chi connectivity index (χ1v) is 7.99. The SMILES string of the molecule is CCC(Cc1ccccc1)NCC1(C)CCCCC1. The zero-order chi connectivity index (χ0) is 13.6. The van der Waals surface area contributed by atoms with Crippen molar-refractivity contribution in [3.63, 3.8) is 0 Å². The van der Waals surface area contributed by atoms with Gasteiger partial charge in [0.05, 0.1) is 0 Å². The van der Waals surface area contributed by atoms with Crippen LogP contribution >= 0.6 is 0 Å². The zero-order valence-corrected chi connectivity index (χ0v) is 12.6. The minimum atomic E-state index is 0.544. The van der Waals surface area contributed by atoms with Gasteiger partial charge in [0, 0.05) is 12.6 Å². The standard InChI is InChI=1S/C18H29N/c1-3-17(14-16-10-6-4-7-11-16)19-15-18(2)12-8-5-9-13-18/h4,6-7,10-11,17,19H,3,5,8-9,12-15H2,1-2H3. The van der Waals surface area contributed by atoms with Crippen LogP contribution in [-0.4, -0.2) is 12.6 Å². The van der Waals surface area contributed by atoms with Gasteiger partial charge in [0.1, 0.15) is 0 Å². The Hall–Kier alpha value is -0.820. The van der Waals surface area contributed by atoms with Crippen LogP contribution in [0.15, 0.2) is 30.3 Å². The fourth-order valence-corrected chi connectivity index (χ4v) is 3.23. The summed E-state index contributed by atoms with van der Waals surface area (Å²) in [6.07, 6.45) is 9.47. The van der Waals surface area contributed by atoms with Gasteiger partial charge in [-0.1, -0.05) is 63.4 Å². The van der Waals surface area contributed by atoms with Crippen LogP contribution in [0.1, 0.15) is 57.9 Å². The van der Waals surface area contributed by atoms with E-state index in [1.54, 1.807) is 0 Å². The quantitative estimate of drug-likeness (QED) is 0.789. The molecule has 1 aliphatic carbocycles. The van der Waals surface area contributed by atoms with E-state index in [0.717, 1.165) is 6.42 Å². The Kier molecular flexibility index (Phi) is 5.45.